The lowest BCUT2D eigenvalue weighted by molar-refractivity contribution is -0.117. The number of nitrogens with one attached hydrogen (secondary N) is 1. The van der Waals surface area contributed by atoms with Gasteiger partial charge < -0.3 is 10.2 Å². The van der Waals surface area contributed by atoms with Gasteiger partial charge in [0.25, 0.3) is 5.91 Å². The van der Waals surface area contributed by atoms with E-state index in [2.05, 4.69) is 11.4 Å². The fraction of sp³-hybridized carbons (Fsp3) is 0.462. The van der Waals surface area contributed by atoms with Gasteiger partial charge in [-0.1, -0.05) is 0 Å². The average molecular weight is 277 g/mol. The zero-order chi connectivity index (χ0) is 14.2. The van der Waals surface area contributed by atoms with E-state index in [9.17, 15) is 14.9 Å². The van der Waals surface area contributed by atoms with Crippen LogP contribution in [0.4, 0.5) is 5.00 Å². The summed E-state index contributed by atoms with van der Waals surface area (Å²) < 4.78 is 0. The van der Waals surface area contributed by atoms with Gasteiger partial charge in [0, 0.05) is 20.0 Å². The van der Waals surface area contributed by atoms with Crippen LogP contribution >= 0.6 is 11.3 Å². The topological polar surface area (TPSA) is 73.2 Å². The second-order valence-electron chi connectivity index (χ2n) is 4.84. The number of carbonyl (C=O) groups excluding carboxylic acids is 2. The standard InChI is InChI=1S/C13H15N3O2S/c1-7-9(6-14)12(15-11(17)8-4-5-8)19-10(7)13(18)16(2)3/h8H,4-5H2,1-3H3,(H,15,17). The van der Waals surface area contributed by atoms with Crippen molar-refractivity contribution in [3.63, 3.8) is 0 Å². The maximum Gasteiger partial charge on any atom is 0.263 e. The molecule has 1 aromatic rings. The van der Waals surface area contributed by atoms with Crippen molar-refractivity contribution in [2.45, 2.75) is 19.8 Å². The number of thiophene rings is 1. The molecular weight excluding hydrogens is 262 g/mol. The molecule has 0 aromatic carbocycles. The monoisotopic (exact) mass is 277 g/mol. The van der Waals surface area contributed by atoms with Gasteiger partial charge in [0.1, 0.15) is 11.1 Å². The highest BCUT2D eigenvalue weighted by Gasteiger charge is 2.31. The highest BCUT2D eigenvalue weighted by atomic mass is 32.1. The Hall–Kier alpha value is -1.87. The Kier molecular flexibility index (Phi) is 3.58. The summed E-state index contributed by atoms with van der Waals surface area (Å²) in [7, 11) is 3.33. The number of amides is 2. The Morgan fingerprint density at radius 3 is 2.53 bits per heavy atom. The van der Waals surface area contributed by atoms with E-state index in [-0.39, 0.29) is 17.7 Å². The SMILES string of the molecule is Cc1c(C(=O)N(C)C)sc(NC(=O)C2CC2)c1C#N. The molecule has 1 aliphatic rings. The third-order valence-electron chi connectivity index (χ3n) is 3.04. The van der Waals surface area contributed by atoms with Gasteiger partial charge in [-0.3, -0.25) is 9.59 Å². The van der Waals surface area contributed by atoms with Crippen molar-refractivity contribution >= 4 is 28.2 Å². The van der Waals surface area contributed by atoms with Crippen molar-refractivity contribution in [2.75, 3.05) is 19.4 Å². The molecule has 100 valence electrons. The minimum absolute atomic E-state index is 0.0541. The summed E-state index contributed by atoms with van der Waals surface area (Å²) in [5.74, 6) is -0.130. The minimum Gasteiger partial charge on any atom is -0.344 e. The Labute approximate surface area is 115 Å². The number of hydrogen-bond donors (Lipinski definition) is 1. The lowest BCUT2D eigenvalue weighted by Gasteiger charge is -2.08. The average Bonchev–Trinajstić information content (AvgIpc) is 3.15. The predicted molar refractivity (Wildman–Crippen MR) is 73.1 cm³/mol. The van der Waals surface area contributed by atoms with Gasteiger partial charge in [-0.05, 0) is 25.3 Å². The Morgan fingerprint density at radius 2 is 2.05 bits per heavy atom. The molecule has 0 unspecified atom stereocenters. The van der Waals surface area contributed by atoms with Crippen LogP contribution in [0.1, 0.15) is 33.6 Å². The molecule has 2 rings (SSSR count). The Balaban J connectivity index is 2.33. The zero-order valence-corrected chi connectivity index (χ0v) is 11.9. The smallest absolute Gasteiger partial charge is 0.263 e. The first-order valence-electron chi connectivity index (χ1n) is 6.01. The first kappa shape index (κ1) is 13.6. The fourth-order valence-electron chi connectivity index (χ4n) is 1.70. The van der Waals surface area contributed by atoms with E-state index >= 15 is 0 Å². The van der Waals surface area contributed by atoms with Crippen molar-refractivity contribution in [2.24, 2.45) is 5.92 Å². The molecule has 0 aliphatic heterocycles. The number of anilines is 1. The van der Waals surface area contributed by atoms with Crippen LogP contribution in [0, 0.1) is 24.2 Å². The van der Waals surface area contributed by atoms with Crippen molar-refractivity contribution in [3.8, 4) is 6.07 Å². The van der Waals surface area contributed by atoms with E-state index in [0.29, 0.717) is 21.0 Å². The van der Waals surface area contributed by atoms with Crippen molar-refractivity contribution in [1.82, 2.24) is 4.90 Å². The maximum absolute atomic E-state index is 12.0. The molecule has 1 fully saturated rings. The number of carbonyl (C=O) groups is 2. The third-order valence-corrected chi connectivity index (χ3v) is 4.24. The highest BCUT2D eigenvalue weighted by Crippen LogP contribution is 2.36. The lowest BCUT2D eigenvalue weighted by atomic mass is 10.1. The van der Waals surface area contributed by atoms with E-state index in [0.717, 1.165) is 12.8 Å². The summed E-state index contributed by atoms with van der Waals surface area (Å²) in [6.45, 7) is 1.73. The largest absolute Gasteiger partial charge is 0.344 e. The summed E-state index contributed by atoms with van der Waals surface area (Å²) in [5.41, 5.74) is 1.03. The lowest BCUT2D eigenvalue weighted by Crippen LogP contribution is -2.21. The number of rotatable bonds is 3. The van der Waals surface area contributed by atoms with E-state index in [1.54, 1.807) is 21.0 Å². The van der Waals surface area contributed by atoms with Gasteiger partial charge in [0.05, 0.1) is 10.4 Å². The summed E-state index contributed by atoms with van der Waals surface area (Å²) in [5, 5.41) is 12.4. The predicted octanol–water partition coefficient (Wildman–Crippen LogP) is 1.98. The van der Waals surface area contributed by atoms with Crippen LogP contribution in [0.2, 0.25) is 0 Å². The van der Waals surface area contributed by atoms with Crippen LogP contribution < -0.4 is 5.32 Å². The van der Waals surface area contributed by atoms with Crippen LogP contribution in [-0.4, -0.2) is 30.8 Å². The van der Waals surface area contributed by atoms with E-state index in [1.165, 1.54) is 16.2 Å². The Bertz CT molecular complexity index is 579. The van der Waals surface area contributed by atoms with Gasteiger partial charge in [0.2, 0.25) is 5.91 Å². The normalized spacial score (nSPS) is 13.8. The van der Waals surface area contributed by atoms with Gasteiger partial charge >= 0.3 is 0 Å². The molecule has 1 aromatic heterocycles. The number of nitriles is 1. The molecule has 6 heteroatoms. The van der Waals surface area contributed by atoms with Crippen LogP contribution in [0.3, 0.4) is 0 Å². The molecule has 0 radical (unpaired) electrons. The highest BCUT2D eigenvalue weighted by molar-refractivity contribution is 7.18. The van der Waals surface area contributed by atoms with Crippen molar-refractivity contribution in [3.05, 3.63) is 16.0 Å². The van der Waals surface area contributed by atoms with Crippen LogP contribution in [0.25, 0.3) is 0 Å². The van der Waals surface area contributed by atoms with Crippen LogP contribution in [0.15, 0.2) is 0 Å². The maximum atomic E-state index is 12.0. The molecule has 5 nitrogen and oxygen atoms in total. The van der Waals surface area contributed by atoms with E-state index in [4.69, 9.17) is 0 Å². The first-order chi connectivity index (χ1) is 8.95. The van der Waals surface area contributed by atoms with Crippen LogP contribution in [-0.2, 0) is 4.79 Å². The van der Waals surface area contributed by atoms with E-state index < -0.39 is 0 Å². The molecule has 0 atom stereocenters. The molecule has 2 amide bonds. The van der Waals surface area contributed by atoms with Gasteiger partial charge in [-0.15, -0.1) is 11.3 Å². The molecule has 1 heterocycles. The third kappa shape index (κ3) is 2.61. The summed E-state index contributed by atoms with van der Waals surface area (Å²) in [6, 6.07) is 2.07. The molecule has 1 N–H and O–H groups in total. The van der Waals surface area contributed by atoms with Gasteiger partial charge in [0.15, 0.2) is 0 Å². The van der Waals surface area contributed by atoms with E-state index in [1.807, 2.05) is 0 Å². The quantitative estimate of drug-likeness (QED) is 0.918. The molecule has 0 spiro atoms. The molecule has 1 saturated carbocycles. The second-order valence-corrected chi connectivity index (χ2v) is 5.86. The second kappa shape index (κ2) is 5.02. The van der Waals surface area contributed by atoms with Crippen LogP contribution in [0.5, 0.6) is 0 Å². The molecule has 19 heavy (non-hydrogen) atoms. The summed E-state index contributed by atoms with van der Waals surface area (Å²) >= 11 is 1.17. The summed E-state index contributed by atoms with van der Waals surface area (Å²) in [6.07, 6.45) is 1.81. The molecule has 0 saturated heterocycles. The fourth-order valence-corrected chi connectivity index (χ4v) is 2.88. The van der Waals surface area contributed by atoms with Gasteiger partial charge in [-0.2, -0.15) is 5.26 Å². The zero-order valence-electron chi connectivity index (χ0n) is 11.1. The molecular formula is C13H15N3O2S. The number of hydrogen-bond acceptors (Lipinski definition) is 4. The minimum atomic E-state index is -0.147. The Morgan fingerprint density at radius 1 is 1.42 bits per heavy atom. The number of nitrogens with zero attached hydrogens (tertiary/aromatic N) is 2. The first-order valence-corrected chi connectivity index (χ1v) is 6.83. The van der Waals surface area contributed by atoms with Crippen molar-refractivity contribution in [1.29, 1.82) is 5.26 Å². The summed E-state index contributed by atoms with van der Waals surface area (Å²) in [4.78, 5) is 25.7. The van der Waals surface area contributed by atoms with Gasteiger partial charge in [-0.25, -0.2) is 0 Å². The molecule has 0 bridgehead atoms. The van der Waals surface area contributed by atoms with Crippen molar-refractivity contribution < 1.29 is 9.59 Å². The molecule has 1 aliphatic carbocycles.